The predicted octanol–water partition coefficient (Wildman–Crippen LogP) is 1.61. The van der Waals surface area contributed by atoms with Crippen molar-refractivity contribution < 1.29 is 8.42 Å². The lowest BCUT2D eigenvalue weighted by Crippen LogP contribution is -2.16. The van der Waals surface area contributed by atoms with Crippen molar-refractivity contribution in [3.63, 3.8) is 0 Å². The van der Waals surface area contributed by atoms with Gasteiger partial charge in [0, 0.05) is 11.9 Å². The molecule has 0 unspecified atom stereocenters. The fraction of sp³-hybridized carbons (Fsp3) is 0.357. The van der Waals surface area contributed by atoms with Crippen LogP contribution in [0.1, 0.15) is 21.8 Å². The zero-order valence-corrected chi connectivity index (χ0v) is 15.4. The maximum Gasteiger partial charge on any atom is 0.241 e. The Morgan fingerprint density at radius 2 is 2.00 bits per heavy atom. The van der Waals surface area contributed by atoms with Crippen LogP contribution in [-0.4, -0.2) is 28.2 Å². The molecule has 3 aromatic rings. The summed E-state index contributed by atoms with van der Waals surface area (Å²) in [6.07, 6.45) is 1.49. The first-order valence-corrected chi connectivity index (χ1v) is 9.56. The summed E-state index contributed by atoms with van der Waals surface area (Å²) in [5.41, 5.74) is 1.99. The second-order valence-electron chi connectivity index (χ2n) is 5.57. The molecule has 24 heavy (non-hydrogen) atoms. The molecule has 3 aromatic heterocycles. The highest BCUT2D eigenvalue weighted by Crippen LogP contribution is 2.32. The van der Waals surface area contributed by atoms with E-state index in [1.807, 2.05) is 13.8 Å². The Morgan fingerprint density at radius 3 is 2.67 bits per heavy atom. The van der Waals surface area contributed by atoms with Crippen molar-refractivity contribution in [2.24, 2.45) is 12.2 Å². The van der Waals surface area contributed by atoms with Gasteiger partial charge in [0.15, 0.2) is 0 Å². The summed E-state index contributed by atoms with van der Waals surface area (Å²) in [6, 6.07) is 0. The highest BCUT2D eigenvalue weighted by Gasteiger charge is 2.23. The molecule has 0 saturated heterocycles. The van der Waals surface area contributed by atoms with Crippen LogP contribution in [0.5, 0.6) is 0 Å². The van der Waals surface area contributed by atoms with Crippen molar-refractivity contribution in [2.75, 3.05) is 5.32 Å². The van der Waals surface area contributed by atoms with Gasteiger partial charge >= 0.3 is 0 Å². The molecule has 0 aliphatic rings. The van der Waals surface area contributed by atoms with Crippen LogP contribution in [0.4, 0.5) is 5.82 Å². The Bertz CT molecular complexity index is 1040. The number of aromatic nitrogens is 4. The molecule has 3 N–H and O–H groups in total. The van der Waals surface area contributed by atoms with Crippen molar-refractivity contribution in [3.8, 4) is 0 Å². The first-order valence-electron chi connectivity index (χ1n) is 7.20. The lowest BCUT2D eigenvalue weighted by molar-refractivity contribution is 0.596. The summed E-state index contributed by atoms with van der Waals surface area (Å²) in [7, 11) is -2.16. The molecule has 0 spiro atoms. The van der Waals surface area contributed by atoms with Crippen LogP contribution < -0.4 is 10.5 Å². The lowest BCUT2D eigenvalue weighted by atomic mass is 10.2. The Labute approximate surface area is 143 Å². The molecule has 128 valence electrons. The van der Waals surface area contributed by atoms with Crippen molar-refractivity contribution in [2.45, 2.75) is 32.2 Å². The van der Waals surface area contributed by atoms with E-state index in [9.17, 15) is 8.42 Å². The first kappa shape index (κ1) is 16.8. The number of anilines is 1. The van der Waals surface area contributed by atoms with Crippen LogP contribution in [0.15, 0.2) is 11.2 Å². The van der Waals surface area contributed by atoms with Gasteiger partial charge in [0.05, 0.1) is 17.6 Å². The topological polar surface area (TPSA) is 116 Å². The Balaban J connectivity index is 2.00. The molecular weight excluding hydrogens is 348 g/mol. The second kappa shape index (κ2) is 5.80. The number of thiophene rings is 1. The molecule has 0 atom stereocenters. The average molecular weight is 366 g/mol. The maximum atomic E-state index is 11.8. The van der Waals surface area contributed by atoms with E-state index in [0.717, 1.165) is 15.8 Å². The van der Waals surface area contributed by atoms with Crippen LogP contribution in [-0.2, 0) is 23.6 Å². The largest absolute Gasteiger partial charge is 0.364 e. The maximum absolute atomic E-state index is 11.8. The zero-order valence-electron chi connectivity index (χ0n) is 13.8. The number of nitrogens with two attached hydrogens (primary N) is 1. The molecule has 0 bridgehead atoms. The minimum absolute atomic E-state index is 0.0565. The highest BCUT2D eigenvalue weighted by molar-refractivity contribution is 7.89. The van der Waals surface area contributed by atoms with Gasteiger partial charge in [0.1, 0.15) is 27.6 Å². The normalized spacial score (nSPS) is 12.0. The number of sulfonamides is 1. The van der Waals surface area contributed by atoms with Crippen molar-refractivity contribution >= 4 is 37.4 Å². The van der Waals surface area contributed by atoms with E-state index in [1.165, 1.54) is 15.9 Å². The third kappa shape index (κ3) is 2.76. The SMILES string of the molecule is Cc1sc2ncnc(NCc3nn(C)c(C)c3S(N)(=O)=O)c2c1C. The van der Waals surface area contributed by atoms with E-state index in [2.05, 4.69) is 20.4 Å². The summed E-state index contributed by atoms with van der Waals surface area (Å²) in [4.78, 5) is 10.7. The number of nitrogens with zero attached hydrogens (tertiary/aromatic N) is 4. The molecule has 0 aromatic carbocycles. The zero-order chi connectivity index (χ0) is 17.6. The molecule has 0 saturated carbocycles. The molecule has 0 amide bonds. The van der Waals surface area contributed by atoms with Crippen molar-refractivity contribution in [3.05, 3.63) is 28.2 Å². The quantitative estimate of drug-likeness (QED) is 0.725. The van der Waals surface area contributed by atoms with Gasteiger partial charge in [0.2, 0.25) is 10.0 Å². The minimum Gasteiger partial charge on any atom is -0.364 e. The Kier molecular flexibility index (Phi) is 4.06. The van der Waals surface area contributed by atoms with Gasteiger partial charge in [-0.25, -0.2) is 23.5 Å². The summed E-state index contributed by atoms with van der Waals surface area (Å²) < 4.78 is 25.2. The summed E-state index contributed by atoms with van der Waals surface area (Å²) in [5.74, 6) is 0.658. The molecule has 3 rings (SSSR count). The highest BCUT2D eigenvalue weighted by atomic mass is 32.2. The van der Waals surface area contributed by atoms with Crippen LogP contribution in [0.25, 0.3) is 10.2 Å². The number of fused-ring (bicyclic) bond motifs is 1. The van der Waals surface area contributed by atoms with Crippen LogP contribution in [0.2, 0.25) is 0 Å². The predicted molar refractivity (Wildman–Crippen MR) is 93.5 cm³/mol. The number of nitrogens with one attached hydrogen (secondary N) is 1. The third-order valence-electron chi connectivity index (χ3n) is 4.02. The fourth-order valence-corrected chi connectivity index (χ4v) is 4.61. The van der Waals surface area contributed by atoms with Gasteiger partial charge in [0.25, 0.3) is 0 Å². The summed E-state index contributed by atoms with van der Waals surface area (Å²) in [5, 5.41) is 13.7. The first-order chi connectivity index (χ1) is 11.2. The van der Waals surface area contributed by atoms with Gasteiger partial charge in [-0.05, 0) is 26.3 Å². The molecule has 8 nitrogen and oxygen atoms in total. The molecule has 10 heteroatoms. The average Bonchev–Trinajstić information content (AvgIpc) is 2.94. The van der Waals surface area contributed by atoms with Gasteiger partial charge in [-0.3, -0.25) is 4.68 Å². The monoisotopic (exact) mass is 366 g/mol. The van der Waals surface area contributed by atoms with E-state index < -0.39 is 10.0 Å². The number of aryl methyl sites for hydroxylation is 3. The van der Waals surface area contributed by atoms with Gasteiger partial charge in [-0.15, -0.1) is 11.3 Å². The van der Waals surface area contributed by atoms with E-state index in [4.69, 9.17) is 5.14 Å². The van der Waals surface area contributed by atoms with Gasteiger partial charge in [-0.2, -0.15) is 5.10 Å². The van der Waals surface area contributed by atoms with Gasteiger partial charge < -0.3 is 5.32 Å². The number of primary sulfonamides is 1. The molecule has 3 heterocycles. The molecule has 0 aliphatic carbocycles. The summed E-state index contributed by atoms with van der Waals surface area (Å²) in [6.45, 7) is 5.93. The van der Waals surface area contributed by atoms with Crippen LogP contribution >= 0.6 is 11.3 Å². The third-order valence-corrected chi connectivity index (χ3v) is 6.24. The van der Waals surface area contributed by atoms with Crippen molar-refractivity contribution in [1.82, 2.24) is 19.7 Å². The van der Waals surface area contributed by atoms with Crippen molar-refractivity contribution in [1.29, 1.82) is 0 Å². The van der Waals surface area contributed by atoms with Crippen LogP contribution in [0.3, 0.4) is 0 Å². The Morgan fingerprint density at radius 1 is 1.29 bits per heavy atom. The summed E-state index contributed by atoms with van der Waals surface area (Å²) >= 11 is 1.60. The van der Waals surface area contributed by atoms with E-state index in [0.29, 0.717) is 17.2 Å². The molecular formula is C14H18N6O2S2. The number of hydrogen-bond donors (Lipinski definition) is 2. The standard InChI is InChI=1S/C14H18N6O2S2/c1-7-9(3)23-14-11(7)13(17-6-18-14)16-5-10-12(24(15,21)22)8(2)20(4)19-10/h6H,5H2,1-4H3,(H2,15,21,22)(H,16,17,18). The molecule has 0 fully saturated rings. The van der Waals surface area contributed by atoms with E-state index in [1.54, 1.807) is 25.3 Å². The minimum atomic E-state index is -3.85. The fourth-order valence-electron chi connectivity index (χ4n) is 2.63. The number of rotatable bonds is 4. The number of hydrogen-bond acceptors (Lipinski definition) is 7. The van der Waals surface area contributed by atoms with E-state index in [-0.39, 0.29) is 11.4 Å². The van der Waals surface area contributed by atoms with Gasteiger partial charge in [-0.1, -0.05) is 0 Å². The Hall–Kier alpha value is -2.04. The molecule has 0 aliphatic heterocycles. The van der Waals surface area contributed by atoms with E-state index >= 15 is 0 Å². The second-order valence-corrected chi connectivity index (χ2v) is 8.27. The lowest BCUT2D eigenvalue weighted by Gasteiger charge is -2.07. The smallest absolute Gasteiger partial charge is 0.241 e. The van der Waals surface area contributed by atoms with Crippen LogP contribution in [0, 0.1) is 20.8 Å². The molecule has 0 radical (unpaired) electrons.